The van der Waals surface area contributed by atoms with Gasteiger partial charge in [-0.05, 0) is 19.1 Å². The first-order valence-electron chi connectivity index (χ1n) is 7.61. The Balaban J connectivity index is 2.85. The van der Waals surface area contributed by atoms with E-state index in [1.165, 1.54) is 6.92 Å². The highest BCUT2D eigenvalue weighted by Gasteiger charge is 2.30. The predicted molar refractivity (Wildman–Crippen MR) is 94.7 cm³/mol. The summed E-state index contributed by atoms with van der Waals surface area (Å²) >= 11 is 5.86. The summed E-state index contributed by atoms with van der Waals surface area (Å²) in [5, 5.41) is 8.61. The molecule has 0 N–H and O–H groups in total. The molecule has 0 unspecified atom stereocenters. The molecule has 0 spiro atoms. The minimum Gasteiger partial charge on any atom is -0.274 e. The van der Waals surface area contributed by atoms with Gasteiger partial charge in [-0.1, -0.05) is 11.6 Å². The molecule has 0 fully saturated rings. The van der Waals surface area contributed by atoms with Gasteiger partial charge in [-0.2, -0.15) is 5.26 Å². The first-order valence-corrected chi connectivity index (χ1v) is 9.60. The average Bonchev–Trinajstić information content (AvgIpc) is 2.62. The number of benzene rings is 1. The van der Waals surface area contributed by atoms with E-state index >= 15 is 0 Å². The summed E-state index contributed by atoms with van der Waals surface area (Å²) < 4.78 is 65.5. The number of alkyl halides is 2. The Hall–Kier alpha value is -2.71. The van der Waals surface area contributed by atoms with Gasteiger partial charge >= 0.3 is 0 Å². The maximum Gasteiger partial charge on any atom is 0.281 e. The molecule has 0 saturated carbocycles. The molecule has 7 nitrogen and oxygen atoms in total. The number of carbonyl (C=O) groups is 1. The van der Waals surface area contributed by atoms with Gasteiger partial charge in [0.25, 0.3) is 6.43 Å². The number of halogens is 4. The zero-order chi connectivity index (χ0) is 21.2. The van der Waals surface area contributed by atoms with E-state index in [1.54, 1.807) is 6.07 Å². The summed E-state index contributed by atoms with van der Waals surface area (Å²) in [6, 6.07) is 3.13. The average molecular weight is 433 g/mol. The third kappa shape index (κ3) is 3.93. The second kappa shape index (κ2) is 8.12. The predicted octanol–water partition coefficient (Wildman–Crippen LogP) is 3.45. The minimum absolute atomic E-state index is 0.345. The summed E-state index contributed by atoms with van der Waals surface area (Å²) in [5.41, 5.74) is -2.65. The highest BCUT2D eigenvalue weighted by atomic mass is 35.5. The van der Waals surface area contributed by atoms with E-state index in [9.17, 15) is 31.6 Å². The molecule has 2 rings (SSSR count). The zero-order valence-corrected chi connectivity index (χ0v) is 16.0. The molecule has 0 aliphatic rings. The second-order valence-corrected chi connectivity index (χ2v) is 7.85. The molecule has 28 heavy (non-hydrogen) atoms. The summed E-state index contributed by atoms with van der Waals surface area (Å²) in [6.07, 6.45) is -2.32. The number of hydrogen-bond donors (Lipinski definition) is 0. The largest absolute Gasteiger partial charge is 0.281 e. The van der Waals surface area contributed by atoms with Crippen LogP contribution in [0.3, 0.4) is 0 Å². The number of amides is 1. The van der Waals surface area contributed by atoms with Crippen molar-refractivity contribution in [3.63, 3.8) is 0 Å². The number of aromatic nitrogens is 2. The summed E-state index contributed by atoms with van der Waals surface area (Å²) in [7, 11) is -4.16. The van der Waals surface area contributed by atoms with Crippen molar-refractivity contribution < 1.29 is 26.4 Å². The first kappa shape index (κ1) is 21.6. The van der Waals surface area contributed by atoms with Gasteiger partial charge in [0.2, 0.25) is 15.9 Å². The number of anilines is 1. The van der Waals surface area contributed by atoms with Crippen LogP contribution in [-0.2, 0) is 14.8 Å². The van der Waals surface area contributed by atoms with E-state index in [0.29, 0.717) is 10.4 Å². The molecule has 1 amide bonds. The lowest BCUT2D eigenvalue weighted by Crippen LogP contribution is -2.37. The molecular weight excluding hydrogens is 421 g/mol. The molecule has 0 saturated heterocycles. The normalized spacial score (nSPS) is 11.4. The van der Waals surface area contributed by atoms with Crippen LogP contribution in [-0.4, -0.2) is 30.0 Å². The van der Waals surface area contributed by atoms with Crippen molar-refractivity contribution in [1.29, 1.82) is 5.26 Å². The lowest BCUT2D eigenvalue weighted by atomic mass is 10.0. The first-order chi connectivity index (χ1) is 13.0. The Morgan fingerprint density at radius 1 is 1.36 bits per heavy atom. The molecule has 0 atom stereocenters. The van der Waals surface area contributed by atoms with Gasteiger partial charge in [0.05, 0.1) is 27.7 Å². The molecule has 12 heteroatoms. The third-order valence-corrected chi connectivity index (χ3v) is 5.74. The van der Waals surface area contributed by atoms with E-state index in [2.05, 4.69) is 9.97 Å². The standard InChI is InChI=1S/C16H12ClF3N4O3S/c1-3-28(26,27)24(8(2)25)12-5-10(11(18)4-9(12)6-21)14-13(17)15(16(19)20)23-7-22-14/h4-5,7,16H,3H2,1-2H3. The van der Waals surface area contributed by atoms with E-state index in [-0.39, 0.29) is 0 Å². The third-order valence-electron chi connectivity index (χ3n) is 3.63. The highest BCUT2D eigenvalue weighted by Crippen LogP contribution is 2.37. The molecule has 1 aromatic heterocycles. The monoisotopic (exact) mass is 432 g/mol. The van der Waals surface area contributed by atoms with Gasteiger partial charge in [-0.3, -0.25) is 4.79 Å². The van der Waals surface area contributed by atoms with E-state index in [1.807, 2.05) is 0 Å². The van der Waals surface area contributed by atoms with Crippen molar-refractivity contribution in [2.75, 3.05) is 10.1 Å². The Labute approximate surface area is 163 Å². The number of nitriles is 1. The molecule has 2 aromatic rings. The van der Waals surface area contributed by atoms with Crippen molar-refractivity contribution in [2.24, 2.45) is 0 Å². The van der Waals surface area contributed by atoms with Gasteiger partial charge in [-0.25, -0.2) is 35.9 Å². The number of carbonyl (C=O) groups excluding carboxylic acids is 1. The maximum absolute atomic E-state index is 14.5. The molecule has 0 bridgehead atoms. The van der Waals surface area contributed by atoms with Crippen molar-refractivity contribution >= 4 is 33.2 Å². The van der Waals surface area contributed by atoms with Gasteiger partial charge < -0.3 is 0 Å². The SMILES string of the molecule is CCS(=O)(=O)N(C(C)=O)c1cc(-c2ncnc(C(F)F)c2Cl)c(F)cc1C#N. The van der Waals surface area contributed by atoms with E-state index in [0.717, 1.165) is 19.3 Å². The number of nitrogens with zero attached hydrogens (tertiary/aromatic N) is 4. The molecule has 0 radical (unpaired) electrons. The van der Waals surface area contributed by atoms with Crippen LogP contribution in [0.2, 0.25) is 5.02 Å². The fourth-order valence-electron chi connectivity index (χ4n) is 2.37. The Bertz CT molecular complexity index is 1090. The Morgan fingerprint density at radius 2 is 2.00 bits per heavy atom. The highest BCUT2D eigenvalue weighted by molar-refractivity contribution is 7.93. The van der Waals surface area contributed by atoms with Crippen LogP contribution in [0, 0.1) is 17.1 Å². The van der Waals surface area contributed by atoms with Crippen LogP contribution in [0.5, 0.6) is 0 Å². The molecule has 0 aliphatic heterocycles. The summed E-state index contributed by atoms with van der Waals surface area (Å²) in [6.45, 7) is 2.22. The minimum atomic E-state index is -4.16. The quantitative estimate of drug-likeness (QED) is 0.716. The number of sulfonamides is 1. The molecule has 1 aromatic carbocycles. The van der Waals surface area contributed by atoms with Crippen LogP contribution in [0.15, 0.2) is 18.5 Å². The number of rotatable bonds is 5. The van der Waals surface area contributed by atoms with Gasteiger partial charge in [0, 0.05) is 12.5 Å². The Kier molecular flexibility index (Phi) is 6.26. The summed E-state index contributed by atoms with van der Waals surface area (Å²) in [4.78, 5) is 19.0. The van der Waals surface area contributed by atoms with Gasteiger partial charge in [0.1, 0.15) is 23.9 Å². The van der Waals surface area contributed by atoms with Crippen LogP contribution in [0.1, 0.15) is 31.5 Å². The molecule has 1 heterocycles. The molecular formula is C16H12ClF3N4O3S. The van der Waals surface area contributed by atoms with Crippen LogP contribution in [0.25, 0.3) is 11.3 Å². The molecule has 148 valence electrons. The fraction of sp³-hybridized carbons (Fsp3) is 0.250. The topological polar surface area (TPSA) is 104 Å². The summed E-state index contributed by atoms with van der Waals surface area (Å²) in [5.74, 6) is -2.50. The van der Waals surface area contributed by atoms with Crippen LogP contribution < -0.4 is 4.31 Å². The maximum atomic E-state index is 14.5. The van der Waals surface area contributed by atoms with Crippen molar-refractivity contribution in [2.45, 2.75) is 20.3 Å². The van der Waals surface area contributed by atoms with Crippen LogP contribution in [0.4, 0.5) is 18.9 Å². The van der Waals surface area contributed by atoms with Crippen molar-refractivity contribution in [3.8, 4) is 17.3 Å². The van der Waals surface area contributed by atoms with Crippen molar-refractivity contribution in [3.05, 3.63) is 40.6 Å². The Morgan fingerprint density at radius 3 is 2.50 bits per heavy atom. The lowest BCUT2D eigenvalue weighted by Gasteiger charge is -2.22. The smallest absolute Gasteiger partial charge is 0.274 e. The van der Waals surface area contributed by atoms with E-state index < -0.39 is 67.2 Å². The molecule has 0 aliphatic carbocycles. The lowest BCUT2D eigenvalue weighted by molar-refractivity contribution is -0.115. The van der Waals surface area contributed by atoms with Gasteiger partial charge in [-0.15, -0.1) is 0 Å². The van der Waals surface area contributed by atoms with Gasteiger partial charge in [0.15, 0.2) is 0 Å². The second-order valence-electron chi connectivity index (χ2n) is 5.37. The fourth-order valence-corrected chi connectivity index (χ4v) is 3.75. The zero-order valence-electron chi connectivity index (χ0n) is 14.5. The van der Waals surface area contributed by atoms with Crippen molar-refractivity contribution in [1.82, 2.24) is 9.97 Å². The number of hydrogen-bond acceptors (Lipinski definition) is 6. The van der Waals surface area contributed by atoms with Crippen LogP contribution >= 0.6 is 11.6 Å². The van der Waals surface area contributed by atoms with E-state index in [4.69, 9.17) is 11.6 Å².